The van der Waals surface area contributed by atoms with Crippen LogP contribution < -0.4 is 0 Å². The molecule has 1 spiro atoms. The zero-order chi connectivity index (χ0) is 29.4. The lowest BCUT2D eigenvalue weighted by Gasteiger charge is -2.76. The summed E-state index contributed by atoms with van der Waals surface area (Å²) in [5.74, 6) is 0.0519. The van der Waals surface area contributed by atoms with Crippen LogP contribution in [0.5, 0.6) is 0 Å². The lowest BCUT2D eigenvalue weighted by Crippen LogP contribution is -2.80. The molecular weight excluding hydrogens is 506 g/mol. The average molecular weight is 558 g/mol. The molecule has 6 aliphatic rings. The third-order valence-electron chi connectivity index (χ3n) is 14.7. The molecule has 2 bridgehead atoms. The highest BCUT2D eigenvalue weighted by Gasteiger charge is 2.88. The van der Waals surface area contributed by atoms with E-state index >= 15 is 0 Å². The quantitative estimate of drug-likeness (QED) is 0.179. The maximum atomic E-state index is 14.1. The third-order valence-corrected chi connectivity index (χ3v) is 14.7. The van der Waals surface area contributed by atoms with Gasteiger partial charge in [-0.05, 0) is 92.3 Å². The van der Waals surface area contributed by atoms with E-state index in [0.717, 1.165) is 44.9 Å². The number of ether oxygens (including phenoxy) is 2. The summed E-state index contributed by atoms with van der Waals surface area (Å²) in [7, 11) is 0. The van der Waals surface area contributed by atoms with Gasteiger partial charge in [0, 0.05) is 17.8 Å². The number of carbonyl (C=O) groups excluding carboxylic acids is 2. The molecule has 1 saturated heterocycles. The average Bonchev–Trinajstić information content (AvgIpc) is 2.94. The first-order valence-corrected chi connectivity index (χ1v) is 15.7. The van der Waals surface area contributed by atoms with Crippen LogP contribution in [0.25, 0.3) is 0 Å². The summed E-state index contributed by atoms with van der Waals surface area (Å²) in [6.45, 7) is 17.5. The van der Waals surface area contributed by atoms with E-state index in [0.29, 0.717) is 25.2 Å². The topological polar surface area (TPSA) is 105 Å². The fourth-order valence-electron chi connectivity index (χ4n) is 13.1. The van der Waals surface area contributed by atoms with Gasteiger partial charge in [-0.3, -0.25) is 9.59 Å². The van der Waals surface area contributed by atoms with Crippen molar-refractivity contribution in [1.82, 2.24) is 0 Å². The van der Waals surface area contributed by atoms with Gasteiger partial charge < -0.3 is 19.8 Å². The minimum absolute atomic E-state index is 0.0128. The van der Waals surface area contributed by atoms with E-state index < -0.39 is 27.9 Å². The molecular formula is C33H51NO6. The fraction of sp³-hybridized carbons (Fsp3) is 0.909. The molecule has 0 radical (unpaired) electrons. The summed E-state index contributed by atoms with van der Waals surface area (Å²) in [6, 6.07) is 0. The van der Waals surface area contributed by atoms with Crippen molar-refractivity contribution < 1.29 is 29.4 Å². The predicted molar refractivity (Wildman–Crippen MR) is 151 cm³/mol. The normalized spacial score (nSPS) is 54.0. The number of nitrogens with zero attached hydrogens (tertiary/aromatic N) is 1. The van der Waals surface area contributed by atoms with Crippen LogP contribution in [0, 0.1) is 49.7 Å². The van der Waals surface area contributed by atoms with Crippen molar-refractivity contribution in [3.8, 4) is 0 Å². The van der Waals surface area contributed by atoms with Gasteiger partial charge in [0.25, 0.3) is 0 Å². The number of rotatable bonds is 2. The van der Waals surface area contributed by atoms with Gasteiger partial charge in [-0.2, -0.15) is 0 Å². The van der Waals surface area contributed by atoms with E-state index in [4.69, 9.17) is 9.47 Å². The molecule has 1 heterocycles. The molecule has 0 amide bonds. The van der Waals surface area contributed by atoms with Gasteiger partial charge in [0.2, 0.25) is 0 Å². The highest BCUT2D eigenvalue weighted by atomic mass is 16.6. The summed E-state index contributed by atoms with van der Waals surface area (Å²) in [4.78, 5) is 26.0. The van der Waals surface area contributed by atoms with E-state index in [1.165, 1.54) is 6.92 Å². The van der Waals surface area contributed by atoms with Crippen molar-refractivity contribution in [1.29, 1.82) is 0 Å². The number of hydrogen-bond acceptors (Lipinski definition) is 7. The van der Waals surface area contributed by atoms with Crippen LogP contribution in [0.3, 0.4) is 0 Å². The molecule has 2 N–H and O–H groups in total. The Morgan fingerprint density at radius 2 is 1.65 bits per heavy atom. The van der Waals surface area contributed by atoms with E-state index in [1.807, 2.05) is 0 Å². The fourth-order valence-corrected chi connectivity index (χ4v) is 13.1. The third kappa shape index (κ3) is 2.89. The van der Waals surface area contributed by atoms with Crippen LogP contribution in [-0.2, 0) is 19.1 Å². The molecule has 0 aromatic rings. The molecule has 6 rings (SSSR count). The molecule has 5 aliphatic carbocycles. The summed E-state index contributed by atoms with van der Waals surface area (Å²) in [5, 5.41) is 26.6. The van der Waals surface area contributed by atoms with Gasteiger partial charge in [0.1, 0.15) is 6.10 Å². The van der Waals surface area contributed by atoms with Gasteiger partial charge in [-0.25, -0.2) is 0 Å². The summed E-state index contributed by atoms with van der Waals surface area (Å²) in [6.07, 6.45) is 8.68. The molecule has 40 heavy (non-hydrogen) atoms. The van der Waals surface area contributed by atoms with Crippen LogP contribution in [0.1, 0.15) is 120 Å². The molecule has 0 aromatic heterocycles. The minimum Gasteiger partial charge on any atom is -0.462 e. The van der Waals surface area contributed by atoms with E-state index in [2.05, 4.69) is 53.6 Å². The Hall–Kier alpha value is -1.63. The van der Waals surface area contributed by atoms with Crippen molar-refractivity contribution in [3.05, 3.63) is 0 Å². The van der Waals surface area contributed by atoms with Crippen molar-refractivity contribution in [2.75, 3.05) is 0 Å². The predicted octanol–water partition coefficient (Wildman–Crippen LogP) is 6.28. The van der Waals surface area contributed by atoms with Gasteiger partial charge in [-0.15, -0.1) is 5.16 Å². The summed E-state index contributed by atoms with van der Waals surface area (Å²) >= 11 is 0. The molecule has 10 atom stereocenters. The monoisotopic (exact) mass is 557 g/mol. The van der Waals surface area contributed by atoms with Crippen molar-refractivity contribution in [3.63, 3.8) is 0 Å². The maximum Gasteiger partial charge on any atom is 0.313 e. The van der Waals surface area contributed by atoms with E-state index in [9.17, 15) is 19.9 Å². The first-order valence-electron chi connectivity index (χ1n) is 15.7. The van der Waals surface area contributed by atoms with Crippen LogP contribution >= 0.6 is 0 Å². The SMILES string of the molecule is CC(=O)O[C@H]1CC[C@]2(C)[C@H]3C[C@H](O)[C@]45OC(=O)[C@@]6(CCC(C)(C)C[C@]64C)CC[C@@]5(/C=N/O)[C@]3(C)CC[C@H]2C1(C)C. The van der Waals surface area contributed by atoms with Gasteiger partial charge in [0.05, 0.1) is 23.1 Å². The summed E-state index contributed by atoms with van der Waals surface area (Å²) < 4.78 is 12.6. The first kappa shape index (κ1) is 28.5. The Balaban J connectivity index is 1.52. The second-order valence-corrected chi connectivity index (χ2v) is 16.9. The molecule has 7 nitrogen and oxygen atoms in total. The minimum atomic E-state index is -1.14. The van der Waals surface area contributed by atoms with Crippen molar-refractivity contribution in [2.24, 2.45) is 54.9 Å². The highest BCUT2D eigenvalue weighted by Crippen LogP contribution is 2.83. The number of aliphatic hydroxyl groups is 1. The smallest absolute Gasteiger partial charge is 0.313 e. The van der Waals surface area contributed by atoms with Gasteiger partial charge in [-0.1, -0.05) is 48.5 Å². The zero-order valence-corrected chi connectivity index (χ0v) is 25.9. The lowest BCUT2D eigenvalue weighted by atomic mass is 9.27. The number of oxime groups is 1. The molecule has 5 saturated carbocycles. The molecule has 6 fully saturated rings. The van der Waals surface area contributed by atoms with Crippen molar-refractivity contribution >= 4 is 18.2 Å². The van der Waals surface area contributed by atoms with Crippen molar-refractivity contribution in [2.45, 2.75) is 137 Å². The van der Waals surface area contributed by atoms with Crippen LogP contribution in [-0.4, -0.2) is 46.3 Å². The second kappa shape index (κ2) is 8.05. The zero-order valence-electron chi connectivity index (χ0n) is 25.9. The number of carbonyl (C=O) groups is 2. The Morgan fingerprint density at radius 1 is 0.975 bits per heavy atom. The molecule has 224 valence electrons. The van der Waals surface area contributed by atoms with Crippen LogP contribution in [0.2, 0.25) is 0 Å². The molecule has 1 aliphatic heterocycles. The lowest BCUT2D eigenvalue weighted by molar-refractivity contribution is -0.319. The largest absolute Gasteiger partial charge is 0.462 e. The van der Waals surface area contributed by atoms with E-state index in [1.54, 1.807) is 6.21 Å². The number of aliphatic hydroxyl groups excluding tert-OH is 1. The van der Waals surface area contributed by atoms with Gasteiger partial charge in [0.15, 0.2) is 5.60 Å². The van der Waals surface area contributed by atoms with E-state index in [-0.39, 0.29) is 45.6 Å². The van der Waals surface area contributed by atoms with Crippen LogP contribution in [0.15, 0.2) is 5.16 Å². The highest BCUT2D eigenvalue weighted by molar-refractivity contribution is 5.86. The van der Waals surface area contributed by atoms with Crippen LogP contribution in [0.4, 0.5) is 0 Å². The maximum absolute atomic E-state index is 14.1. The molecule has 0 unspecified atom stereocenters. The number of hydrogen-bond donors (Lipinski definition) is 2. The number of esters is 2. The molecule has 0 aromatic carbocycles. The summed E-state index contributed by atoms with van der Waals surface area (Å²) in [5.41, 5.74) is -3.78. The number of fused-ring (bicyclic) bond motifs is 4. The van der Waals surface area contributed by atoms with Gasteiger partial charge >= 0.3 is 11.9 Å². The molecule has 7 heteroatoms. The standard InChI is InChI=1S/C33H51NO6/c1-20(35)39-24-10-11-28(6)21(27(24,4)5)9-12-29(7)22(28)17-23(36)33-30(8)18-26(2,3)13-14-31(30,25(37)40-33)15-16-32(29,33)19-34-38/h19,21-24,36,38H,9-18H2,1-8H3/b34-19+/t21-,22+,23-,24-,28-,29+,30+,31+,32+,33-/m0/s1. The Morgan fingerprint density at radius 3 is 2.30 bits per heavy atom. The Kier molecular flexibility index (Phi) is 5.73. The Labute approximate surface area is 239 Å². The Bertz CT molecular complexity index is 1160. The second-order valence-electron chi connectivity index (χ2n) is 16.9. The first-order chi connectivity index (χ1) is 18.4.